The van der Waals surface area contributed by atoms with Crippen LogP contribution in [0, 0.1) is 20.8 Å². The van der Waals surface area contributed by atoms with E-state index in [1.807, 2.05) is 13.8 Å². The van der Waals surface area contributed by atoms with Crippen LogP contribution in [0.2, 0.25) is 0 Å². The van der Waals surface area contributed by atoms with Gasteiger partial charge in [0.2, 0.25) is 0 Å². The zero-order valence-corrected chi connectivity index (χ0v) is 9.00. The van der Waals surface area contributed by atoms with Crippen LogP contribution in [0.25, 0.3) is 0 Å². The number of hydrogen-bond donors (Lipinski definition) is 3. The second-order valence-electron chi connectivity index (χ2n) is 3.32. The van der Waals surface area contributed by atoms with Gasteiger partial charge in [-0.25, -0.2) is 0 Å². The minimum Gasteiger partial charge on any atom is -0.386 e. The van der Waals surface area contributed by atoms with Crippen molar-refractivity contribution in [1.29, 1.82) is 0 Å². The van der Waals surface area contributed by atoms with Gasteiger partial charge in [-0.3, -0.25) is 0 Å². The van der Waals surface area contributed by atoms with E-state index in [4.69, 9.17) is 14.4 Å². The molecule has 1 aromatic rings. The van der Waals surface area contributed by atoms with Gasteiger partial charge in [0.15, 0.2) is 0 Å². The lowest BCUT2D eigenvalue weighted by Gasteiger charge is -2.15. The van der Waals surface area contributed by atoms with E-state index >= 15 is 0 Å². The summed E-state index contributed by atoms with van der Waals surface area (Å²) >= 11 is 0. The highest BCUT2D eigenvalue weighted by Gasteiger charge is 2.32. The molecule has 0 unspecified atom stereocenters. The largest absolute Gasteiger partial charge is 0.529 e. The molecule has 0 aromatic heterocycles. The Morgan fingerprint density at radius 1 is 0.923 bits per heavy atom. The second kappa shape index (κ2) is 3.23. The second-order valence-corrected chi connectivity index (χ2v) is 5.12. The van der Waals surface area contributed by atoms with Crippen molar-refractivity contribution in [3.05, 3.63) is 28.8 Å². The van der Waals surface area contributed by atoms with Crippen molar-refractivity contribution in [2.75, 3.05) is 0 Å². The summed E-state index contributed by atoms with van der Waals surface area (Å²) in [6, 6.07) is 3.35. The van der Waals surface area contributed by atoms with Gasteiger partial charge in [-0.2, -0.15) is 0 Å². The number of rotatable bonds is 1. The third-order valence-corrected chi connectivity index (χ3v) is 3.68. The zero-order chi connectivity index (χ0) is 10.2. The van der Waals surface area contributed by atoms with Gasteiger partial charge in [0.05, 0.1) is 0 Å². The van der Waals surface area contributed by atoms with Gasteiger partial charge in [0, 0.05) is 5.19 Å². The Balaban J connectivity index is 3.35. The number of aryl methyl sites for hydroxylation is 1. The molecule has 1 aromatic carbocycles. The van der Waals surface area contributed by atoms with E-state index in [-0.39, 0.29) is 5.19 Å². The van der Waals surface area contributed by atoms with Gasteiger partial charge in [0.25, 0.3) is 0 Å². The molecule has 0 atom stereocenters. The van der Waals surface area contributed by atoms with E-state index in [1.54, 1.807) is 19.1 Å². The first-order valence-corrected chi connectivity index (χ1v) is 5.92. The molecule has 0 radical (unpaired) electrons. The van der Waals surface area contributed by atoms with Crippen LogP contribution in [-0.4, -0.2) is 23.2 Å². The van der Waals surface area contributed by atoms with Crippen LogP contribution >= 0.6 is 0 Å². The molecule has 0 aliphatic rings. The van der Waals surface area contributed by atoms with E-state index in [0.29, 0.717) is 0 Å². The van der Waals surface area contributed by atoms with Gasteiger partial charge in [-0.15, -0.1) is 0 Å². The first-order valence-electron chi connectivity index (χ1n) is 4.08. The highest BCUT2D eigenvalue weighted by molar-refractivity contribution is 6.72. The minimum atomic E-state index is -4.13. The van der Waals surface area contributed by atoms with E-state index < -0.39 is 8.80 Å². The molecule has 0 amide bonds. The summed E-state index contributed by atoms with van der Waals surface area (Å²) in [5.41, 5.74) is 2.84. The van der Waals surface area contributed by atoms with Crippen LogP contribution in [-0.2, 0) is 0 Å². The summed E-state index contributed by atoms with van der Waals surface area (Å²) in [6.45, 7) is 5.62. The van der Waals surface area contributed by atoms with E-state index in [0.717, 1.165) is 16.7 Å². The fraction of sp³-hybridized carbons (Fsp3) is 0.333. The molecule has 0 fully saturated rings. The van der Waals surface area contributed by atoms with Crippen LogP contribution in [0.4, 0.5) is 0 Å². The van der Waals surface area contributed by atoms with Crippen molar-refractivity contribution in [1.82, 2.24) is 0 Å². The van der Waals surface area contributed by atoms with Gasteiger partial charge < -0.3 is 14.4 Å². The van der Waals surface area contributed by atoms with Gasteiger partial charge in [-0.1, -0.05) is 12.1 Å². The van der Waals surface area contributed by atoms with E-state index in [2.05, 4.69) is 0 Å². The molecule has 0 aliphatic carbocycles. The van der Waals surface area contributed by atoms with Crippen molar-refractivity contribution >= 4 is 14.0 Å². The van der Waals surface area contributed by atoms with Crippen molar-refractivity contribution < 1.29 is 14.4 Å². The molecule has 13 heavy (non-hydrogen) atoms. The van der Waals surface area contributed by atoms with Gasteiger partial charge >= 0.3 is 8.80 Å². The van der Waals surface area contributed by atoms with E-state index in [9.17, 15) is 0 Å². The molecule has 1 rings (SSSR count). The highest BCUT2D eigenvalue weighted by atomic mass is 28.4. The first-order chi connectivity index (χ1) is 5.84. The summed E-state index contributed by atoms with van der Waals surface area (Å²) in [6.07, 6.45) is 0. The lowest BCUT2D eigenvalue weighted by atomic mass is 10.1. The van der Waals surface area contributed by atoms with Crippen LogP contribution in [0.15, 0.2) is 12.1 Å². The molecule has 0 saturated carbocycles. The standard InChI is InChI=1S/C9H14O3Si/c1-6-4-5-9(13(10,11)12)8(3)7(6)2/h4-5,10-12H,1-3H3. The van der Waals surface area contributed by atoms with Crippen molar-refractivity contribution in [2.24, 2.45) is 0 Å². The normalized spacial score (nSPS) is 11.8. The molecular weight excluding hydrogens is 184 g/mol. The Morgan fingerprint density at radius 2 is 1.46 bits per heavy atom. The van der Waals surface area contributed by atoms with Crippen LogP contribution in [0.1, 0.15) is 16.7 Å². The quantitative estimate of drug-likeness (QED) is 0.545. The number of benzene rings is 1. The Morgan fingerprint density at radius 3 is 1.92 bits per heavy atom. The topological polar surface area (TPSA) is 60.7 Å². The minimum absolute atomic E-state index is 0.274. The average molecular weight is 198 g/mol. The molecular formula is C9H14O3Si. The van der Waals surface area contributed by atoms with Crippen molar-refractivity contribution in [3.8, 4) is 0 Å². The van der Waals surface area contributed by atoms with Crippen LogP contribution < -0.4 is 5.19 Å². The average Bonchev–Trinajstić information content (AvgIpc) is 1.98. The lowest BCUT2D eigenvalue weighted by molar-refractivity contribution is 0.249. The Hall–Kier alpha value is -0.683. The Bertz CT molecular complexity index is 328. The summed E-state index contributed by atoms with van der Waals surface area (Å²) in [5, 5.41) is 0.274. The maximum atomic E-state index is 9.14. The zero-order valence-electron chi connectivity index (χ0n) is 8.00. The fourth-order valence-corrected chi connectivity index (χ4v) is 2.32. The van der Waals surface area contributed by atoms with Crippen molar-refractivity contribution in [2.45, 2.75) is 20.8 Å². The fourth-order valence-electron chi connectivity index (χ4n) is 1.32. The molecule has 0 aliphatic heterocycles. The van der Waals surface area contributed by atoms with Gasteiger partial charge in [-0.05, 0) is 37.5 Å². The summed E-state index contributed by atoms with van der Waals surface area (Å²) in [7, 11) is -4.13. The molecule has 0 spiro atoms. The Kier molecular flexibility index (Phi) is 2.58. The molecule has 0 heterocycles. The smallest absolute Gasteiger partial charge is 0.386 e. The maximum absolute atomic E-state index is 9.14. The summed E-state index contributed by atoms with van der Waals surface area (Å²) in [5.74, 6) is 0. The summed E-state index contributed by atoms with van der Waals surface area (Å²) < 4.78 is 0. The predicted molar refractivity (Wildman–Crippen MR) is 52.7 cm³/mol. The molecule has 0 bridgehead atoms. The number of hydrogen-bond acceptors (Lipinski definition) is 3. The molecule has 3 N–H and O–H groups in total. The monoisotopic (exact) mass is 198 g/mol. The van der Waals surface area contributed by atoms with Crippen LogP contribution in [0.5, 0.6) is 0 Å². The predicted octanol–water partition coefficient (Wildman–Crippen LogP) is -0.265. The molecule has 72 valence electrons. The third kappa shape index (κ3) is 1.97. The van der Waals surface area contributed by atoms with Gasteiger partial charge in [0.1, 0.15) is 0 Å². The molecule has 3 nitrogen and oxygen atoms in total. The van der Waals surface area contributed by atoms with Crippen molar-refractivity contribution in [3.63, 3.8) is 0 Å². The summed E-state index contributed by atoms with van der Waals surface area (Å²) in [4.78, 5) is 27.4. The third-order valence-electron chi connectivity index (χ3n) is 2.42. The highest BCUT2D eigenvalue weighted by Crippen LogP contribution is 2.11. The Labute approximate surface area is 78.7 Å². The van der Waals surface area contributed by atoms with Crippen LogP contribution in [0.3, 0.4) is 0 Å². The molecule has 4 heteroatoms. The first kappa shape index (κ1) is 10.4. The molecule has 0 saturated heterocycles. The maximum Gasteiger partial charge on any atom is 0.529 e. The lowest BCUT2D eigenvalue weighted by Crippen LogP contribution is -2.50. The SMILES string of the molecule is Cc1ccc([Si](O)(O)O)c(C)c1C. The van der Waals surface area contributed by atoms with E-state index in [1.165, 1.54) is 0 Å².